The standard InChI is InChI=1S/C16H21FN2O/c1-10-8-11(17)6-7-12(10)14(20)13-9-19(5)18-15(13)16(2,3)4/h6-9,14,20H,1-5H3. The lowest BCUT2D eigenvalue weighted by atomic mass is 9.86. The second-order valence-electron chi connectivity index (χ2n) is 6.26. The van der Waals surface area contributed by atoms with Gasteiger partial charge in [0.05, 0.1) is 5.69 Å². The molecule has 4 heteroatoms. The molecule has 1 atom stereocenters. The summed E-state index contributed by atoms with van der Waals surface area (Å²) in [5, 5.41) is 15.1. The first-order valence-electron chi connectivity index (χ1n) is 6.68. The molecule has 0 spiro atoms. The van der Waals surface area contributed by atoms with Gasteiger partial charge in [-0.15, -0.1) is 0 Å². The van der Waals surface area contributed by atoms with Crippen LogP contribution in [0.4, 0.5) is 4.39 Å². The topological polar surface area (TPSA) is 38.0 Å². The SMILES string of the molecule is Cc1cc(F)ccc1C(O)c1cn(C)nc1C(C)(C)C. The molecule has 0 aliphatic rings. The molecule has 1 unspecified atom stereocenters. The third kappa shape index (κ3) is 2.75. The average Bonchev–Trinajstić information content (AvgIpc) is 2.70. The van der Waals surface area contributed by atoms with Crippen molar-refractivity contribution in [1.29, 1.82) is 0 Å². The largest absolute Gasteiger partial charge is 0.384 e. The Hall–Kier alpha value is -1.68. The number of aromatic nitrogens is 2. The lowest BCUT2D eigenvalue weighted by Gasteiger charge is -2.21. The van der Waals surface area contributed by atoms with E-state index in [1.807, 2.05) is 13.2 Å². The highest BCUT2D eigenvalue weighted by Crippen LogP contribution is 2.32. The molecule has 0 saturated heterocycles. The molecule has 108 valence electrons. The van der Waals surface area contributed by atoms with E-state index < -0.39 is 6.10 Å². The number of aliphatic hydroxyl groups excluding tert-OH is 1. The van der Waals surface area contributed by atoms with E-state index in [0.717, 1.165) is 16.8 Å². The second kappa shape index (κ2) is 5.02. The van der Waals surface area contributed by atoms with Gasteiger partial charge in [0.15, 0.2) is 0 Å². The summed E-state index contributed by atoms with van der Waals surface area (Å²) in [6, 6.07) is 4.44. The molecule has 3 nitrogen and oxygen atoms in total. The van der Waals surface area contributed by atoms with E-state index in [1.165, 1.54) is 12.1 Å². The maximum absolute atomic E-state index is 13.2. The van der Waals surface area contributed by atoms with Crippen molar-refractivity contribution in [3.63, 3.8) is 0 Å². The highest BCUT2D eigenvalue weighted by Gasteiger charge is 2.27. The van der Waals surface area contributed by atoms with Crippen molar-refractivity contribution in [2.75, 3.05) is 0 Å². The molecular weight excluding hydrogens is 255 g/mol. The van der Waals surface area contributed by atoms with E-state index in [4.69, 9.17) is 0 Å². The zero-order chi connectivity index (χ0) is 15.1. The molecule has 0 saturated carbocycles. The second-order valence-corrected chi connectivity index (χ2v) is 6.26. The summed E-state index contributed by atoms with van der Waals surface area (Å²) in [5.41, 5.74) is 2.92. The number of hydrogen-bond acceptors (Lipinski definition) is 2. The molecule has 1 aromatic carbocycles. The van der Waals surface area contributed by atoms with Crippen molar-refractivity contribution >= 4 is 0 Å². The van der Waals surface area contributed by atoms with Gasteiger partial charge in [-0.1, -0.05) is 26.8 Å². The Morgan fingerprint density at radius 2 is 1.90 bits per heavy atom. The molecule has 0 amide bonds. The highest BCUT2D eigenvalue weighted by atomic mass is 19.1. The maximum atomic E-state index is 13.2. The van der Waals surface area contributed by atoms with Crippen LogP contribution in [0.15, 0.2) is 24.4 Å². The Balaban J connectivity index is 2.51. The fourth-order valence-electron chi connectivity index (χ4n) is 2.40. The van der Waals surface area contributed by atoms with Crippen molar-refractivity contribution in [3.8, 4) is 0 Å². The molecule has 0 radical (unpaired) electrons. The number of hydrogen-bond donors (Lipinski definition) is 1. The van der Waals surface area contributed by atoms with Crippen LogP contribution in [-0.2, 0) is 12.5 Å². The van der Waals surface area contributed by atoms with Gasteiger partial charge >= 0.3 is 0 Å². The van der Waals surface area contributed by atoms with Crippen LogP contribution in [0.2, 0.25) is 0 Å². The van der Waals surface area contributed by atoms with Crippen LogP contribution >= 0.6 is 0 Å². The Morgan fingerprint density at radius 1 is 1.25 bits per heavy atom. The molecule has 2 rings (SSSR count). The monoisotopic (exact) mass is 276 g/mol. The molecule has 0 bridgehead atoms. The first kappa shape index (κ1) is 14.7. The van der Waals surface area contributed by atoms with Crippen molar-refractivity contribution in [1.82, 2.24) is 9.78 Å². The number of nitrogens with zero attached hydrogens (tertiary/aromatic N) is 2. The summed E-state index contributed by atoms with van der Waals surface area (Å²) < 4.78 is 14.9. The molecule has 1 aromatic heterocycles. The Kier molecular flexibility index (Phi) is 3.69. The molecule has 1 heterocycles. The molecular formula is C16H21FN2O. The number of aliphatic hydroxyl groups is 1. The number of halogens is 1. The Labute approximate surface area is 119 Å². The van der Waals surface area contributed by atoms with E-state index in [9.17, 15) is 9.50 Å². The fourth-order valence-corrected chi connectivity index (χ4v) is 2.40. The molecule has 20 heavy (non-hydrogen) atoms. The minimum absolute atomic E-state index is 0.161. The summed E-state index contributed by atoms with van der Waals surface area (Å²) >= 11 is 0. The molecule has 0 fully saturated rings. The maximum Gasteiger partial charge on any atom is 0.123 e. The Morgan fingerprint density at radius 3 is 2.45 bits per heavy atom. The lowest BCUT2D eigenvalue weighted by molar-refractivity contribution is 0.216. The van der Waals surface area contributed by atoms with Crippen molar-refractivity contribution in [3.05, 3.63) is 52.6 Å². The van der Waals surface area contributed by atoms with E-state index in [2.05, 4.69) is 25.9 Å². The van der Waals surface area contributed by atoms with Crippen molar-refractivity contribution < 1.29 is 9.50 Å². The fraction of sp³-hybridized carbons (Fsp3) is 0.438. The molecule has 1 N–H and O–H groups in total. The minimum atomic E-state index is -0.793. The first-order valence-corrected chi connectivity index (χ1v) is 6.68. The predicted molar refractivity (Wildman–Crippen MR) is 77.1 cm³/mol. The van der Waals surface area contributed by atoms with Crippen LogP contribution in [0.3, 0.4) is 0 Å². The van der Waals surface area contributed by atoms with Gasteiger partial charge in [0.2, 0.25) is 0 Å². The Bertz CT molecular complexity index is 626. The number of benzene rings is 1. The molecule has 0 aliphatic carbocycles. The summed E-state index contributed by atoms with van der Waals surface area (Å²) in [7, 11) is 1.84. The number of rotatable bonds is 2. The van der Waals surface area contributed by atoms with Gasteiger partial charge in [0, 0.05) is 24.2 Å². The molecule has 0 aliphatic heterocycles. The summed E-state index contributed by atoms with van der Waals surface area (Å²) in [6.45, 7) is 7.98. The summed E-state index contributed by atoms with van der Waals surface area (Å²) in [4.78, 5) is 0. The van der Waals surface area contributed by atoms with E-state index >= 15 is 0 Å². The normalized spacial score (nSPS) is 13.6. The number of aryl methyl sites for hydroxylation is 2. The molecule has 2 aromatic rings. The van der Waals surface area contributed by atoms with Gasteiger partial charge in [0.25, 0.3) is 0 Å². The van der Waals surface area contributed by atoms with E-state index in [1.54, 1.807) is 17.7 Å². The van der Waals surface area contributed by atoms with Crippen molar-refractivity contribution in [2.45, 2.75) is 39.2 Å². The van der Waals surface area contributed by atoms with Gasteiger partial charge in [-0.3, -0.25) is 4.68 Å². The summed E-state index contributed by atoms with van der Waals surface area (Å²) in [6.07, 6.45) is 1.03. The third-order valence-corrected chi connectivity index (χ3v) is 3.39. The van der Waals surface area contributed by atoms with Crippen LogP contribution < -0.4 is 0 Å². The van der Waals surface area contributed by atoms with Crippen LogP contribution in [0.25, 0.3) is 0 Å². The van der Waals surface area contributed by atoms with Gasteiger partial charge in [-0.2, -0.15) is 5.10 Å². The van der Waals surface area contributed by atoms with Crippen LogP contribution in [0.1, 0.15) is 49.3 Å². The third-order valence-electron chi connectivity index (χ3n) is 3.39. The average molecular weight is 276 g/mol. The predicted octanol–water partition coefficient (Wildman–Crippen LogP) is 3.25. The van der Waals surface area contributed by atoms with Gasteiger partial charge in [-0.25, -0.2) is 4.39 Å². The lowest BCUT2D eigenvalue weighted by Crippen LogP contribution is -2.17. The highest BCUT2D eigenvalue weighted by molar-refractivity contribution is 5.38. The van der Waals surface area contributed by atoms with Gasteiger partial charge in [-0.05, 0) is 30.2 Å². The van der Waals surface area contributed by atoms with Crippen LogP contribution in [0.5, 0.6) is 0 Å². The van der Waals surface area contributed by atoms with Crippen molar-refractivity contribution in [2.24, 2.45) is 7.05 Å². The minimum Gasteiger partial charge on any atom is -0.384 e. The van der Waals surface area contributed by atoms with E-state index in [0.29, 0.717) is 5.56 Å². The summed E-state index contributed by atoms with van der Waals surface area (Å²) in [5.74, 6) is -0.291. The van der Waals surface area contributed by atoms with Gasteiger partial charge < -0.3 is 5.11 Å². The zero-order valence-electron chi connectivity index (χ0n) is 12.6. The zero-order valence-corrected chi connectivity index (χ0v) is 12.6. The van der Waals surface area contributed by atoms with E-state index in [-0.39, 0.29) is 11.2 Å². The van der Waals surface area contributed by atoms with Crippen LogP contribution in [0, 0.1) is 12.7 Å². The first-order chi connectivity index (χ1) is 9.20. The smallest absolute Gasteiger partial charge is 0.123 e. The van der Waals surface area contributed by atoms with Crippen LogP contribution in [-0.4, -0.2) is 14.9 Å². The van der Waals surface area contributed by atoms with Gasteiger partial charge in [0.1, 0.15) is 11.9 Å². The quantitative estimate of drug-likeness (QED) is 0.914.